The normalized spacial score (nSPS) is 21.9. The second-order valence-electron chi connectivity index (χ2n) is 6.70. The summed E-state index contributed by atoms with van der Waals surface area (Å²) in [5, 5.41) is 11.5. The van der Waals surface area contributed by atoms with Gasteiger partial charge in [-0.05, 0) is 37.0 Å². The van der Waals surface area contributed by atoms with E-state index in [4.69, 9.17) is 5.53 Å². The molecular formula is C19H21N5O. The molecule has 0 amide bonds. The van der Waals surface area contributed by atoms with Crippen molar-refractivity contribution in [3.8, 4) is 0 Å². The summed E-state index contributed by atoms with van der Waals surface area (Å²) in [4.78, 5) is 14.7. The zero-order chi connectivity index (χ0) is 17.2. The lowest BCUT2D eigenvalue weighted by Gasteiger charge is -2.39. The quantitative estimate of drug-likeness (QED) is 0.612. The molecule has 1 aromatic carbocycles. The molecule has 0 spiro atoms. The van der Waals surface area contributed by atoms with Gasteiger partial charge in [-0.25, -0.2) is 5.53 Å². The molecule has 1 aromatic heterocycles. The topological polar surface area (TPSA) is 93.1 Å². The van der Waals surface area contributed by atoms with Gasteiger partial charge in [-0.15, -0.1) is 0 Å². The molecule has 3 heterocycles. The number of piperidine rings is 1. The Kier molecular flexibility index (Phi) is 4.09. The van der Waals surface area contributed by atoms with E-state index in [1.807, 2.05) is 30.5 Å². The molecule has 2 unspecified atom stereocenters. The van der Waals surface area contributed by atoms with Crippen molar-refractivity contribution in [3.05, 3.63) is 69.9 Å². The molecule has 5 rings (SSSR count). The van der Waals surface area contributed by atoms with Crippen molar-refractivity contribution < 1.29 is 0 Å². The minimum Gasteiger partial charge on any atom is -0.386 e. The fourth-order valence-corrected chi connectivity index (χ4v) is 3.63. The van der Waals surface area contributed by atoms with E-state index in [0.717, 1.165) is 29.3 Å². The van der Waals surface area contributed by atoms with Gasteiger partial charge in [0.15, 0.2) is 0 Å². The highest BCUT2D eigenvalue weighted by molar-refractivity contribution is 5.81. The van der Waals surface area contributed by atoms with Gasteiger partial charge in [0.25, 0.3) is 0 Å². The van der Waals surface area contributed by atoms with E-state index >= 15 is 0 Å². The zero-order valence-electron chi connectivity index (χ0n) is 13.9. The lowest BCUT2D eigenvalue weighted by Crippen LogP contribution is -2.49. The van der Waals surface area contributed by atoms with E-state index in [2.05, 4.69) is 26.8 Å². The number of aryl methyl sites for hydroxylation is 1. The third-order valence-electron chi connectivity index (χ3n) is 4.89. The second kappa shape index (κ2) is 6.55. The highest BCUT2D eigenvalue weighted by atomic mass is 16.1. The first kappa shape index (κ1) is 15.6. The van der Waals surface area contributed by atoms with E-state index < -0.39 is 0 Å². The van der Waals surface area contributed by atoms with Gasteiger partial charge >= 0.3 is 0 Å². The molecule has 4 N–H and O–H groups in total. The maximum absolute atomic E-state index is 11.8. The van der Waals surface area contributed by atoms with Crippen LogP contribution in [0, 0.1) is 5.53 Å². The number of rotatable bonds is 6. The minimum atomic E-state index is -0.0950. The Balaban J connectivity index is 1.44. The first-order valence-corrected chi connectivity index (χ1v) is 8.62. The summed E-state index contributed by atoms with van der Waals surface area (Å²) in [6, 6.07) is 10.3. The smallest absolute Gasteiger partial charge is 0.248 e. The Hall–Kier alpha value is -2.89. The molecule has 1 aliphatic carbocycles. The van der Waals surface area contributed by atoms with E-state index in [0.29, 0.717) is 30.6 Å². The van der Waals surface area contributed by atoms with Crippen LogP contribution in [0.5, 0.6) is 0 Å². The van der Waals surface area contributed by atoms with Crippen LogP contribution in [0.3, 0.4) is 0 Å². The first-order valence-electron chi connectivity index (χ1n) is 8.62. The molecule has 25 heavy (non-hydrogen) atoms. The molecule has 128 valence electrons. The average Bonchev–Trinajstić information content (AvgIpc) is 2.61. The largest absolute Gasteiger partial charge is 0.386 e. The van der Waals surface area contributed by atoms with Crippen LogP contribution in [0.15, 0.2) is 63.9 Å². The summed E-state index contributed by atoms with van der Waals surface area (Å²) < 4.78 is 0. The molecule has 1 saturated heterocycles. The average molecular weight is 335 g/mol. The Morgan fingerprint density at radius 2 is 2.24 bits per heavy atom. The Morgan fingerprint density at radius 3 is 3.00 bits per heavy atom. The molecule has 6 heteroatoms. The van der Waals surface area contributed by atoms with Crippen LogP contribution in [-0.4, -0.2) is 17.1 Å². The highest BCUT2D eigenvalue weighted by Crippen LogP contribution is 2.26. The van der Waals surface area contributed by atoms with Gasteiger partial charge in [0.1, 0.15) is 0 Å². The van der Waals surface area contributed by atoms with Crippen LogP contribution in [0.1, 0.15) is 24.8 Å². The van der Waals surface area contributed by atoms with E-state index in [9.17, 15) is 4.79 Å². The minimum absolute atomic E-state index is 0.0950. The lowest BCUT2D eigenvalue weighted by molar-refractivity contribution is 0.375. The predicted molar refractivity (Wildman–Crippen MR) is 97.3 cm³/mol. The van der Waals surface area contributed by atoms with Crippen molar-refractivity contribution in [2.24, 2.45) is 5.11 Å². The number of nitrogens with one attached hydrogen (secondary N) is 4. The molecule has 2 bridgehead atoms. The van der Waals surface area contributed by atoms with Crippen LogP contribution in [0.2, 0.25) is 0 Å². The number of hydrogen-bond donors (Lipinski definition) is 4. The number of aromatic amines is 1. The maximum atomic E-state index is 11.8. The number of para-hydroxylation sites is 1. The van der Waals surface area contributed by atoms with Gasteiger partial charge in [-0.2, -0.15) is 5.11 Å². The second-order valence-corrected chi connectivity index (χ2v) is 6.70. The Morgan fingerprint density at radius 1 is 1.40 bits per heavy atom. The SMILES string of the molecule is N=N/C(=C\NC1CC2=CC(C1)N2)CCc1cc(=O)[nH]c2ccccc12. The number of nitrogens with zero attached hydrogens (tertiary/aromatic N) is 1. The molecule has 2 aliphatic heterocycles. The molecule has 6 nitrogen and oxygen atoms in total. The highest BCUT2D eigenvalue weighted by Gasteiger charge is 2.29. The van der Waals surface area contributed by atoms with Crippen molar-refractivity contribution in [1.82, 2.24) is 15.6 Å². The van der Waals surface area contributed by atoms with Crippen LogP contribution in [0.25, 0.3) is 10.9 Å². The molecular weight excluding hydrogens is 314 g/mol. The summed E-state index contributed by atoms with van der Waals surface area (Å²) >= 11 is 0. The zero-order valence-corrected chi connectivity index (χ0v) is 13.9. The van der Waals surface area contributed by atoms with Crippen molar-refractivity contribution >= 4 is 10.9 Å². The Bertz CT molecular complexity index is 927. The monoisotopic (exact) mass is 335 g/mol. The summed E-state index contributed by atoms with van der Waals surface area (Å²) in [7, 11) is 0. The van der Waals surface area contributed by atoms with E-state index in [1.54, 1.807) is 6.07 Å². The molecule has 1 fully saturated rings. The third kappa shape index (κ3) is 3.33. The number of aromatic nitrogens is 1. The van der Waals surface area contributed by atoms with Gasteiger partial charge in [-0.3, -0.25) is 4.79 Å². The van der Waals surface area contributed by atoms with Crippen LogP contribution >= 0.6 is 0 Å². The fraction of sp³-hybridized carbons (Fsp3) is 0.316. The molecule has 2 atom stereocenters. The molecule has 0 saturated carbocycles. The number of fused-ring (bicyclic) bond motifs is 3. The number of pyridine rings is 1. The van der Waals surface area contributed by atoms with Crippen molar-refractivity contribution in [2.75, 3.05) is 0 Å². The van der Waals surface area contributed by atoms with Gasteiger partial charge < -0.3 is 15.6 Å². The standard InChI is InChI=1S/C19H21N5O/c20-24-13(11-21-14-8-15-10-16(9-14)22-15)6-5-12-7-19(25)23-18-4-2-1-3-17(12)18/h1-4,7,10-11,14-15,20-22H,5-6,8-9H2,(H,23,25)/b13-11-,24-20?. The van der Waals surface area contributed by atoms with Gasteiger partial charge in [0.05, 0.1) is 5.70 Å². The van der Waals surface area contributed by atoms with Crippen molar-refractivity contribution in [1.29, 1.82) is 5.53 Å². The first-order chi connectivity index (χ1) is 12.2. The molecule has 2 aromatic rings. The van der Waals surface area contributed by atoms with Crippen molar-refractivity contribution in [3.63, 3.8) is 0 Å². The summed E-state index contributed by atoms with van der Waals surface area (Å²) in [6.07, 6.45) is 7.50. The van der Waals surface area contributed by atoms with E-state index in [-0.39, 0.29) is 5.56 Å². The van der Waals surface area contributed by atoms with Crippen molar-refractivity contribution in [2.45, 2.75) is 37.8 Å². The number of H-pyrrole nitrogens is 1. The van der Waals surface area contributed by atoms with Gasteiger partial charge in [0, 0.05) is 47.4 Å². The number of allylic oxidation sites excluding steroid dienone is 1. The summed E-state index contributed by atoms with van der Waals surface area (Å²) in [5.74, 6) is 0. The third-order valence-corrected chi connectivity index (χ3v) is 4.89. The lowest BCUT2D eigenvalue weighted by atomic mass is 9.88. The molecule has 3 aliphatic rings. The summed E-state index contributed by atoms with van der Waals surface area (Å²) in [6.45, 7) is 0. The Labute approximate surface area is 145 Å². The maximum Gasteiger partial charge on any atom is 0.248 e. The predicted octanol–water partition coefficient (Wildman–Crippen LogP) is 2.94. The number of hydrogen-bond acceptors (Lipinski definition) is 5. The van der Waals surface area contributed by atoms with Crippen LogP contribution in [-0.2, 0) is 6.42 Å². The fourth-order valence-electron chi connectivity index (χ4n) is 3.63. The van der Waals surface area contributed by atoms with Crippen LogP contribution < -0.4 is 16.2 Å². The van der Waals surface area contributed by atoms with Gasteiger partial charge in [0.2, 0.25) is 5.56 Å². The van der Waals surface area contributed by atoms with E-state index in [1.165, 1.54) is 5.70 Å². The molecule has 0 radical (unpaired) electrons. The summed E-state index contributed by atoms with van der Waals surface area (Å²) in [5.41, 5.74) is 11.2. The van der Waals surface area contributed by atoms with Crippen LogP contribution in [0.4, 0.5) is 0 Å². The van der Waals surface area contributed by atoms with Gasteiger partial charge in [-0.1, -0.05) is 18.2 Å². The number of benzene rings is 1.